The van der Waals surface area contributed by atoms with Crippen LogP contribution in [0.25, 0.3) is 0 Å². The number of rotatable bonds is 5. The summed E-state index contributed by atoms with van der Waals surface area (Å²) in [6.45, 7) is 4.70. The standard InChI is InChI=1S/C15H20O5/c1-15(2)19-10-13(20-15)9-18-12-6-4-5-11(7-12)8-14(16)17-3/h4-7,13H,8-10H2,1-3H3. The van der Waals surface area contributed by atoms with Crippen LogP contribution in [-0.2, 0) is 25.4 Å². The molecule has 1 unspecified atom stereocenters. The van der Waals surface area contributed by atoms with Gasteiger partial charge in [-0.05, 0) is 31.5 Å². The molecule has 1 aliphatic rings. The highest BCUT2D eigenvalue weighted by atomic mass is 16.7. The minimum absolute atomic E-state index is 0.0748. The van der Waals surface area contributed by atoms with Crippen LogP contribution >= 0.6 is 0 Å². The Bertz CT molecular complexity index is 469. The van der Waals surface area contributed by atoms with E-state index in [0.29, 0.717) is 19.0 Å². The van der Waals surface area contributed by atoms with Gasteiger partial charge >= 0.3 is 5.97 Å². The second kappa shape index (κ2) is 6.24. The van der Waals surface area contributed by atoms with Crippen LogP contribution in [0.1, 0.15) is 19.4 Å². The maximum atomic E-state index is 11.2. The molecule has 1 aliphatic heterocycles. The summed E-state index contributed by atoms with van der Waals surface area (Å²) in [6.07, 6.45) is 0.165. The van der Waals surface area contributed by atoms with Crippen molar-refractivity contribution in [2.45, 2.75) is 32.2 Å². The van der Waals surface area contributed by atoms with Crippen molar-refractivity contribution in [3.05, 3.63) is 29.8 Å². The Morgan fingerprint density at radius 1 is 1.45 bits per heavy atom. The number of carbonyl (C=O) groups excluding carboxylic acids is 1. The summed E-state index contributed by atoms with van der Waals surface area (Å²) >= 11 is 0. The minimum atomic E-state index is -0.541. The van der Waals surface area contributed by atoms with Crippen molar-refractivity contribution in [1.29, 1.82) is 0 Å². The lowest BCUT2D eigenvalue weighted by atomic mass is 10.1. The molecule has 0 radical (unpaired) electrons. The summed E-state index contributed by atoms with van der Waals surface area (Å²) in [7, 11) is 1.38. The summed E-state index contributed by atoms with van der Waals surface area (Å²) in [4.78, 5) is 11.2. The Balaban J connectivity index is 1.87. The van der Waals surface area contributed by atoms with Crippen LogP contribution in [0, 0.1) is 0 Å². The molecule has 5 nitrogen and oxygen atoms in total. The summed E-state index contributed by atoms with van der Waals surface area (Å²) < 4.78 is 21.5. The minimum Gasteiger partial charge on any atom is -0.491 e. The zero-order valence-corrected chi connectivity index (χ0v) is 12.0. The van der Waals surface area contributed by atoms with Gasteiger partial charge in [-0.2, -0.15) is 0 Å². The van der Waals surface area contributed by atoms with Gasteiger partial charge in [0, 0.05) is 0 Å². The summed E-state index contributed by atoms with van der Waals surface area (Å²) in [6, 6.07) is 7.39. The lowest BCUT2D eigenvalue weighted by molar-refractivity contribution is -0.141. The lowest BCUT2D eigenvalue weighted by Crippen LogP contribution is -2.25. The average molecular weight is 280 g/mol. The van der Waals surface area contributed by atoms with Crippen molar-refractivity contribution in [3.8, 4) is 5.75 Å². The van der Waals surface area contributed by atoms with E-state index in [9.17, 15) is 4.79 Å². The third-order valence-corrected chi connectivity index (χ3v) is 2.98. The van der Waals surface area contributed by atoms with E-state index in [1.54, 1.807) is 0 Å². The number of ether oxygens (including phenoxy) is 4. The fraction of sp³-hybridized carbons (Fsp3) is 0.533. The van der Waals surface area contributed by atoms with Gasteiger partial charge in [0.1, 0.15) is 18.5 Å². The normalized spacial score (nSPS) is 20.6. The van der Waals surface area contributed by atoms with Gasteiger partial charge in [0.25, 0.3) is 0 Å². The lowest BCUT2D eigenvalue weighted by Gasteiger charge is -2.17. The summed E-state index contributed by atoms with van der Waals surface area (Å²) in [5, 5.41) is 0. The Labute approximate surface area is 118 Å². The molecule has 20 heavy (non-hydrogen) atoms. The van der Waals surface area contributed by atoms with Crippen LogP contribution in [-0.4, -0.2) is 38.2 Å². The highest BCUT2D eigenvalue weighted by molar-refractivity contribution is 5.72. The first-order valence-corrected chi connectivity index (χ1v) is 6.59. The van der Waals surface area contributed by atoms with Crippen molar-refractivity contribution < 1.29 is 23.7 Å². The molecule has 0 spiro atoms. The number of methoxy groups -OCH3 is 1. The van der Waals surface area contributed by atoms with E-state index >= 15 is 0 Å². The average Bonchev–Trinajstić information content (AvgIpc) is 2.76. The number of benzene rings is 1. The summed E-state index contributed by atoms with van der Waals surface area (Å²) in [5.74, 6) is -0.100. The molecule has 110 valence electrons. The second-order valence-corrected chi connectivity index (χ2v) is 5.16. The Kier molecular flexibility index (Phi) is 4.62. The monoisotopic (exact) mass is 280 g/mol. The molecule has 0 bridgehead atoms. The SMILES string of the molecule is COC(=O)Cc1cccc(OCC2COC(C)(C)O2)c1. The topological polar surface area (TPSA) is 54.0 Å². The van der Waals surface area contributed by atoms with Gasteiger partial charge in [0.2, 0.25) is 0 Å². The maximum Gasteiger partial charge on any atom is 0.309 e. The first kappa shape index (κ1) is 14.8. The zero-order chi connectivity index (χ0) is 14.6. The van der Waals surface area contributed by atoms with Crippen LogP contribution in [0.2, 0.25) is 0 Å². The molecule has 0 N–H and O–H groups in total. The third kappa shape index (κ3) is 4.21. The van der Waals surface area contributed by atoms with E-state index in [1.807, 2.05) is 38.1 Å². The molecule has 0 amide bonds. The molecule has 5 heteroatoms. The molecular weight excluding hydrogens is 260 g/mol. The van der Waals surface area contributed by atoms with Crippen LogP contribution in [0.3, 0.4) is 0 Å². The van der Waals surface area contributed by atoms with Gasteiger partial charge in [-0.3, -0.25) is 4.79 Å². The van der Waals surface area contributed by atoms with E-state index in [2.05, 4.69) is 4.74 Å². The van der Waals surface area contributed by atoms with Crippen molar-refractivity contribution in [3.63, 3.8) is 0 Å². The van der Waals surface area contributed by atoms with Gasteiger partial charge in [-0.1, -0.05) is 12.1 Å². The number of hydrogen-bond acceptors (Lipinski definition) is 5. The van der Waals surface area contributed by atoms with Crippen molar-refractivity contribution in [2.75, 3.05) is 20.3 Å². The molecule has 0 aromatic heterocycles. The smallest absolute Gasteiger partial charge is 0.309 e. The van der Waals surface area contributed by atoms with Crippen molar-refractivity contribution in [2.24, 2.45) is 0 Å². The van der Waals surface area contributed by atoms with Gasteiger partial charge < -0.3 is 18.9 Å². The fourth-order valence-corrected chi connectivity index (χ4v) is 2.02. The van der Waals surface area contributed by atoms with Crippen LogP contribution in [0.15, 0.2) is 24.3 Å². The first-order chi connectivity index (χ1) is 9.48. The molecule has 1 fully saturated rings. The van der Waals surface area contributed by atoms with E-state index < -0.39 is 5.79 Å². The molecule has 1 atom stereocenters. The molecule has 0 saturated carbocycles. The predicted octanol–water partition coefficient (Wildman–Crippen LogP) is 1.93. The molecule has 1 aromatic rings. The van der Waals surface area contributed by atoms with E-state index in [4.69, 9.17) is 14.2 Å². The highest BCUT2D eigenvalue weighted by Crippen LogP contribution is 2.23. The second-order valence-electron chi connectivity index (χ2n) is 5.16. The summed E-state index contributed by atoms with van der Waals surface area (Å²) in [5.41, 5.74) is 0.860. The van der Waals surface area contributed by atoms with Gasteiger partial charge in [-0.25, -0.2) is 0 Å². The van der Waals surface area contributed by atoms with Gasteiger partial charge in [0.15, 0.2) is 5.79 Å². The van der Waals surface area contributed by atoms with E-state index in [1.165, 1.54) is 7.11 Å². The van der Waals surface area contributed by atoms with Crippen LogP contribution < -0.4 is 4.74 Å². The Hall–Kier alpha value is -1.59. The largest absolute Gasteiger partial charge is 0.491 e. The van der Waals surface area contributed by atoms with Crippen molar-refractivity contribution >= 4 is 5.97 Å². The fourth-order valence-electron chi connectivity index (χ4n) is 2.02. The van der Waals surface area contributed by atoms with Crippen LogP contribution in [0.4, 0.5) is 0 Å². The third-order valence-electron chi connectivity index (χ3n) is 2.98. The molecule has 1 heterocycles. The molecular formula is C15H20O5. The molecule has 2 rings (SSSR count). The van der Waals surface area contributed by atoms with E-state index in [0.717, 1.165) is 5.56 Å². The molecule has 0 aliphatic carbocycles. The first-order valence-electron chi connectivity index (χ1n) is 6.59. The number of carbonyl (C=O) groups is 1. The van der Waals surface area contributed by atoms with Crippen molar-refractivity contribution in [1.82, 2.24) is 0 Å². The zero-order valence-electron chi connectivity index (χ0n) is 12.0. The molecule has 1 saturated heterocycles. The highest BCUT2D eigenvalue weighted by Gasteiger charge is 2.32. The predicted molar refractivity (Wildman–Crippen MR) is 72.6 cm³/mol. The van der Waals surface area contributed by atoms with Gasteiger partial charge in [0.05, 0.1) is 20.1 Å². The number of esters is 1. The maximum absolute atomic E-state index is 11.2. The Morgan fingerprint density at radius 2 is 2.25 bits per heavy atom. The van der Waals surface area contributed by atoms with Gasteiger partial charge in [-0.15, -0.1) is 0 Å². The number of hydrogen-bond donors (Lipinski definition) is 0. The molecule has 1 aromatic carbocycles. The quantitative estimate of drug-likeness (QED) is 0.771. The Morgan fingerprint density at radius 3 is 2.90 bits per heavy atom. The van der Waals surface area contributed by atoms with E-state index in [-0.39, 0.29) is 18.5 Å². The van der Waals surface area contributed by atoms with Crippen LogP contribution in [0.5, 0.6) is 5.75 Å².